The molecule has 0 bridgehead atoms. The average Bonchev–Trinajstić information content (AvgIpc) is 3.20. The number of fused-ring (bicyclic) bond motifs is 5. The fraction of sp³-hybridized carbons (Fsp3) is 0.217. The molecule has 4 heterocycles. The molecule has 1 aromatic carbocycles. The number of cyclic esters (lactones) is 1. The second-order valence-corrected chi connectivity index (χ2v) is 8.04. The van der Waals surface area contributed by atoms with Gasteiger partial charge in [0.05, 0.1) is 35.2 Å². The zero-order valence-electron chi connectivity index (χ0n) is 18.0. The molecule has 2 aliphatic heterocycles. The van der Waals surface area contributed by atoms with Crippen molar-refractivity contribution < 1.29 is 24.2 Å². The number of para-hydroxylation sites is 1. The molecule has 2 amide bonds. The number of benzene rings is 1. The molecular weight excluding hydrogens is 442 g/mol. The van der Waals surface area contributed by atoms with E-state index in [9.17, 15) is 24.3 Å². The van der Waals surface area contributed by atoms with Gasteiger partial charge in [-0.1, -0.05) is 25.1 Å². The van der Waals surface area contributed by atoms with Crippen LogP contribution in [0.15, 0.2) is 40.2 Å². The van der Waals surface area contributed by atoms with Gasteiger partial charge >= 0.3 is 17.8 Å². The number of amides is 2. The van der Waals surface area contributed by atoms with Crippen LogP contribution < -0.4 is 16.7 Å². The van der Waals surface area contributed by atoms with E-state index < -0.39 is 23.4 Å². The molecule has 11 nitrogen and oxygen atoms in total. The number of hydrogen-bond donors (Lipinski definition) is 3. The van der Waals surface area contributed by atoms with Crippen molar-refractivity contribution in [2.24, 2.45) is 10.8 Å². The largest absolute Gasteiger partial charge is 0.458 e. The predicted molar refractivity (Wildman–Crippen MR) is 119 cm³/mol. The van der Waals surface area contributed by atoms with Gasteiger partial charge in [0.1, 0.15) is 6.61 Å². The van der Waals surface area contributed by atoms with Crippen molar-refractivity contribution in [3.63, 3.8) is 0 Å². The second kappa shape index (κ2) is 7.59. The van der Waals surface area contributed by atoms with Crippen LogP contribution in [-0.4, -0.2) is 38.7 Å². The third-order valence-electron chi connectivity index (χ3n) is 6.22. The Bertz CT molecular complexity index is 1510. The van der Waals surface area contributed by atoms with Crippen LogP contribution in [0.1, 0.15) is 35.6 Å². The van der Waals surface area contributed by atoms with E-state index in [1.165, 1.54) is 10.8 Å². The number of nitrogens with two attached hydrogens (primary N) is 1. The molecule has 0 fully saturated rings. The van der Waals surface area contributed by atoms with Crippen LogP contribution in [0.4, 0.5) is 0 Å². The SMILES string of the molecule is CCC1(O)C(=O)OCc2c1cc1n(c2=O)Cc2c-1nc1ccccc1c2C=NNC(=O)C(N)=O. The van der Waals surface area contributed by atoms with Crippen molar-refractivity contribution in [1.82, 2.24) is 15.0 Å². The van der Waals surface area contributed by atoms with Crippen LogP contribution in [0.5, 0.6) is 0 Å². The Labute approximate surface area is 191 Å². The summed E-state index contributed by atoms with van der Waals surface area (Å²) >= 11 is 0. The van der Waals surface area contributed by atoms with Crippen LogP contribution in [0, 0.1) is 0 Å². The van der Waals surface area contributed by atoms with Gasteiger partial charge in [-0.15, -0.1) is 0 Å². The number of ether oxygens (including phenoxy) is 1. The standard InChI is InChI=1S/C23H19N5O6/c1-2-23(33)15-7-17-18-13(9-28(17)21(31)14(15)10-34-22(23)32)12(8-25-27-20(30)19(24)29)11-5-3-4-6-16(11)26-18/h3-8,33H,2,9-10H2,1H3,(H2,24,29)(H,27,30). The molecule has 0 saturated heterocycles. The van der Waals surface area contributed by atoms with E-state index in [4.69, 9.17) is 15.5 Å². The molecule has 1 atom stereocenters. The van der Waals surface area contributed by atoms with Gasteiger partial charge in [-0.05, 0) is 18.6 Å². The van der Waals surface area contributed by atoms with Gasteiger partial charge in [0, 0.05) is 22.1 Å². The summed E-state index contributed by atoms with van der Waals surface area (Å²) in [5.41, 5.74) is 7.91. The highest BCUT2D eigenvalue weighted by atomic mass is 16.6. The minimum absolute atomic E-state index is 0.0389. The van der Waals surface area contributed by atoms with Crippen LogP contribution in [0.25, 0.3) is 22.3 Å². The highest BCUT2D eigenvalue weighted by Gasteiger charge is 2.45. The van der Waals surface area contributed by atoms with Crippen molar-refractivity contribution >= 4 is 34.9 Å². The van der Waals surface area contributed by atoms with Gasteiger partial charge < -0.3 is 20.1 Å². The molecule has 2 aromatic heterocycles. The Morgan fingerprint density at radius 3 is 2.82 bits per heavy atom. The van der Waals surface area contributed by atoms with Gasteiger partial charge in [-0.3, -0.25) is 14.4 Å². The van der Waals surface area contributed by atoms with Gasteiger partial charge in [0.25, 0.3) is 5.56 Å². The minimum atomic E-state index is -1.93. The van der Waals surface area contributed by atoms with Gasteiger partial charge in [-0.2, -0.15) is 5.10 Å². The molecule has 0 spiro atoms. The summed E-state index contributed by atoms with van der Waals surface area (Å²) in [5, 5.41) is 15.6. The summed E-state index contributed by atoms with van der Waals surface area (Å²) in [6.45, 7) is 1.56. The number of hydrogen-bond acceptors (Lipinski definition) is 8. The number of aromatic nitrogens is 2. The molecule has 2 aliphatic rings. The summed E-state index contributed by atoms with van der Waals surface area (Å²) in [6.07, 6.45) is 1.41. The summed E-state index contributed by atoms with van der Waals surface area (Å²) in [6, 6.07) is 8.84. The molecule has 1 unspecified atom stereocenters. The maximum Gasteiger partial charge on any atom is 0.343 e. The first-order valence-electron chi connectivity index (χ1n) is 10.5. The minimum Gasteiger partial charge on any atom is -0.458 e. The van der Waals surface area contributed by atoms with E-state index in [2.05, 4.69) is 10.5 Å². The summed E-state index contributed by atoms with van der Waals surface area (Å²) in [4.78, 5) is 52.9. The maximum absolute atomic E-state index is 13.4. The smallest absolute Gasteiger partial charge is 0.343 e. The van der Waals surface area contributed by atoms with Crippen LogP contribution >= 0.6 is 0 Å². The molecule has 172 valence electrons. The Morgan fingerprint density at radius 1 is 1.32 bits per heavy atom. The zero-order valence-corrected chi connectivity index (χ0v) is 18.0. The number of nitrogens with one attached hydrogen (secondary N) is 1. The van der Waals surface area contributed by atoms with Crippen LogP contribution in [-0.2, 0) is 37.9 Å². The molecule has 3 aromatic rings. The fourth-order valence-electron chi connectivity index (χ4n) is 4.42. The van der Waals surface area contributed by atoms with E-state index in [1.54, 1.807) is 25.1 Å². The third-order valence-corrected chi connectivity index (χ3v) is 6.22. The van der Waals surface area contributed by atoms with E-state index in [-0.39, 0.29) is 36.3 Å². The normalized spacial score (nSPS) is 18.4. The number of primary amides is 1. The number of rotatable bonds is 3. The molecule has 11 heteroatoms. The average molecular weight is 461 g/mol. The molecule has 34 heavy (non-hydrogen) atoms. The maximum atomic E-state index is 13.4. The summed E-state index contributed by atoms with van der Waals surface area (Å²) < 4.78 is 6.60. The molecule has 5 rings (SSSR count). The highest BCUT2D eigenvalue weighted by Crippen LogP contribution is 2.39. The number of esters is 1. The van der Waals surface area contributed by atoms with Crippen molar-refractivity contribution in [3.05, 3.63) is 62.9 Å². The Balaban J connectivity index is 1.73. The molecule has 0 saturated carbocycles. The van der Waals surface area contributed by atoms with Crippen molar-refractivity contribution in [3.8, 4) is 11.4 Å². The van der Waals surface area contributed by atoms with Gasteiger partial charge in [-0.25, -0.2) is 15.2 Å². The first kappa shape index (κ1) is 21.5. The lowest BCUT2D eigenvalue weighted by Crippen LogP contribution is -2.44. The molecule has 0 aliphatic carbocycles. The summed E-state index contributed by atoms with van der Waals surface area (Å²) in [7, 11) is 0. The van der Waals surface area contributed by atoms with Crippen LogP contribution in [0.2, 0.25) is 0 Å². The lowest BCUT2D eigenvalue weighted by atomic mass is 9.86. The number of pyridine rings is 2. The van der Waals surface area contributed by atoms with Crippen molar-refractivity contribution in [1.29, 1.82) is 0 Å². The zero-order chi connectivity index (χ0) is 24.2. The fourth-order valence-corrected chi connectivity index (χ4v) is 4.42. The first-order chi connectivity index (χ1) is 16.3. The van der Waals surface area contributed by atoms with Crippen molar-refractivity contribution in [2.45, 2.75) is 32.1 Å². The predicted octanol–water partition coefficient (Wildman–Crippen LogP) is 0.0150. The molecule has 4 N–H and O–H groups in total. The topological polar surface area (TPSA) is 166 Å². The monoisotopic (exact) mass is 461 g/mol. The Kier molecular flexibility index (Phi) is 4.79. The number of hydrazone groups is 1. The number of nitrogens with zero attached hydrogens (tertiary/aromatic N) is 3. The summed E-state index contributed by atoms with van der Waals surface area (Å²) in [5.74, 6) is -3.04. The number of carbonyl (C=O) groups excluding carboxylic acids is 3. The van der Waals surface area contributed by atoms with E-state index in [0.717, 1.165) is 0 Å². The lowest BCUT2D eigenvalue weighted by molar-refractivity contribution is -0.172. The van der Waals surface area contributed by atoms with Crippen molar-refractivity contribution in [2.75, 3.05) is 0 Å². The molecular formula is C23H19N5O6. The quantitative estimate of drug-likeness (QED) is 0.167. The number of aliphatic hydroxyl groups is 1. The van der Waals surface area contributed by atoms with Gasteiger partial charge in [0.15, 0.2) is 5.60 Å². The molecule has 0 radical (unpaired) electrons. The highest BCUT2D eigenvalue weighted by molar-refractivity contribution is 6.34. The first-order valence-corrected chi connectivity index (χ1v) is 10.5. The Hall–Kier alpha value is -4.38. The Morgan fingerprint density at radius 2 is 2.09 bits per heavy atom. The van der Waals surface area contributed by atoms with E-state index >= 15 is 0 Å². The van der Waals surface area contributed by atoms with E-state index in [1.807, 2.05) is 12.1 Å². The third kappa shape index (κ3) is 3.01. The number of carbonyl (C=O) groups is 3. The van der Waals surface area contributed by atoms with E-state index in [0.29, 0.717) is 33.4 Å². The lowest BCUT2D eigenvalue weighted by Gasteiger charge is -2.31. The van der Waals surface area contributed by atoms with Crippen LogP contribution in [0.3, 0.4) is 0 Å². The second-order valence-electron chi connectivity index (χ2n) is 8.04. The van der Waals surface area contributed by atoms with Gasteiger partial charge in [0.2, 0.25) is 0 Å².